The van der Waals surface area contributed by atoms with E-state index in [1.165, 1.54) is 0 Å². The number of carbonyl (C=O) groups excluding carboxylic acids is 1. The first-order valence-electron chi connectivity index (χ1n) is 8.54. The van der Waals surface area contributed by atoms with Crippen LogP contribution in [0.3, 0.4) is 0 Å². The number of ether oxygens (including phenoxy) is 1. The number of piperidine rings is 1. The van der Waals surface area contributed by atoms with Gasteiger partial charge in [0, 0.05) is 32.2 Å². The van der Waals surface area contributed by atoms with Gasteiger partial charge in [-0.3, -0.25) is 9.36 Å². The lowest BCUT2D eigenvalue weighted by atomic mass is 10.0. The number of para-hydroxylation sites is 2. The van der Waals surface area contributed by atoms with Gasteiger partial charge in [-0.05, 0) is 25.0 Å². The van der Waals surface area contributed by atoms with Gasteiger partial charge in [0.15, 0.2) is 0 Å². The summed E-state index contributed by atoms with van der Waals surface area (Å²) in [6, 6.07) is 7.87. The molecule has 1 aromatic carbocycles. The molecular formula is C17H22N4O3. The molecule has 7 nitrogen and oxygen atoms in total. The quantitative estimate of drug-likeness (QED) is 0.839. The van der Waals surface area contributed by atoms with Crippen LogP contribution in [0.4, 0.5) is 0 Å². The molecule has 2 aliphatic rings. The minimum atomic E-state index is -0.369. The van der Waals surface area contributed by atoms with Crippen LogP contribution in [-0.2, 0) is 9.53 Å². The number of fused-ring (bicyclic) bond motifs is 1. The molecule has 2 N–H and O–H groups in total. The smallest absolute Gasteiger partial charge is 0.326 e. The third-order valence-corrected chi connectivity index (χ3v) is 4.97. The normalized spacial score (nSPS) is 22.8. The third kappa shape index (κ3) is 2.74. The molecule has 0 radical (unpaired) electrons. The van der Waals surface area contributed by atoms with Crippen LogP contribution >= 0.6 is 0 Å². The largest absolute Gasteiger partial charge is 0.366 e. The number of rotatable bonds is 2. The zero-order valence-corrected chi connectivity index (χ0v) is 13.5. The maximum Gasteiger partial charge on any atom is 0.326 e. The molecule has 2 aliphatic heterocycles. The van der Waals surface area contributed by atoms with E-state index in [9.17, 15) is 9.59 Å². The molecule has 2 aromatic rings. The summed E-state index contributed by atoms with van der Waals surface area (Å²) in [5.41, 5.74) is 1.73. The maximum absolute atomic E-state index is 12.5. The van der Waals surface area contributed by atoms with Gasteiger partial charge in [-0.1, -0.05) is 12.1 Å². The molecule has 0 spiro atoms. The van der Waals surface area contributed by atoms with Gasteiger partial charge in [-0.25, -0.2) is 4.79 Å². The fourth-order valence-electron chi connectivity index (χ4n) is 3.71. The predicted octanol–water partition coefficient (Wildman–Crippen LogP) is 0.482. The van der Waals surface area contributed by atoms with Gasteiger partial charge in [0.1, 0.15) is 6.10 Å². The summed E-state index contributed by atoms with van der Waals surface area (Å²) in [5, 5.41) is 3.19. The highest BCUT2D eigenvalue weighted by Gasteiger charge is 2.31. The second kappa shape index (κ2) is 6.41. The van der Waals surface area contributed by atoms with Gasteiger partial charge < -0.3 is 19.9 Å². The van der Waals surface area contributed by atoms with Gasteiger partial charge in [0.25, 0.3) is 5.91 Å². The summed E-state index contributed by atoms with van der Waals surface area (Å²) in [7, 11) is 0. The number of aromatic nitrogens is 2. The van der Waals surface area contributed by atoms with E-state index in [1.807, 2.05) is 33.7 Å². The van der Waals surface area contributed by atoms with Gasteiger partial charge in [0.05, 0.1) is 17.6 Å². The predicted molar refractivity (Wildman–Crippen MR) is 90.0 cm³/mol. The number of imidazole rings is 1. The summed E-state index contributed by atoms with van der Waals surface area (Å²) in [5.74, 6) is 0.0620. The third-order valence-electron chi connectivity index (χ3n) is 4.97. The highest BCUT2D eigenvalue weighted by Crippen LogP contribution is 2.25. The number of nitrogens with zero attached hydrogens (tertiary/aromatic N) is 2. The van der Waals surface area contributed by atoms with E-state index < -0.39 is 0 Å². The van der Waals surface area contributed by atoms with Crippen LogP contribution in [0, 0.1) is 0 Å². The Morgan fingerprint density at radius 2 is 2.00 bits per heavy atom. The molecule has 1 atom stereocenters. The zero-order valence-electron chi connectivity index (χ0n) is 13.5. The molecule has 24 heavy (non-hydrogen) atoms. The minimum absolute atomic E-state index is 0.0620. The van der Waals surface area contributed by atoms with Crippen LogP contribution in [0.1, 0.15) is 18.9 Å². The molecule has 128 valence electrons. The minimum Gasteiger partial charge on any atom is -0.366 e. The van der Waals surface area contributed by atoms with Crippen molar-refractivity contribution in [3.05, 3.63) is 34.7 Å². The van der Waals surface area contributed by atoms with Crippen molar-refractivity contribution in [3.63, 3.8) is 0 Å². The first-order chi connectivity index (χ1) is 11.7. The molecule has 1 aromatic heterocycles. The summed E-state index contributed by atoms with van der Waals surface area (Å²) in [6.07, 6.45) is 1.20. The SMILES string of the molecule is O=C(C1CNCCO1)N1CCC(n2c(=O)[nH]c3ccccc32)CC1. The molecule has 1 unspecified atom stereocenters. The van der Waals surface area contributed by atoms with Crippen LogP contribution in [0.25, 0.3) is 11.0 Å². The van der Waals surface area contributed by atoms with Crippen molar-refractivity contribution < 1.29 is 9.53 Å². The van der Waals surface area contributed by atoms with E-state index in [2.05, 4.69) is 10.3 Å². The van der Waals surface area contributed by atoms with Gasteiger partial charge in [-0.15, -0.1) is 0 Å². The summed E-state index contributed by atoms with van der Waals surface area (Å²) < 4.78 is 7.40. The van der Waals surface area contributed by atoms with Crippen LogP contribution in [0.15, 0.2) is 29.1 Å². The fraction of sp³-hybridized carbons (Fsp3) is 0.529. The number of nitrogens with one attached hydrogen (secondary N) is 2. The molecular weight excluding hydrogens is 308 g/mol. The molecule has 2 saturated heterocycles. The average molecular weight is 330 g/mol. The molecule has 3 heterocycles. The Balaban J connectivity index is 1.46. The van der Waals surface area contributed by atoms with E-state index >= 15 is 0 Å². The number of likely N-dealkylation sites (tertiary alicyclic amines) is 1. The summed E-state index contributed by atoms with van der Waals surface area (Å²) >= 11 is 0. The van der Waals surface area contributed by atoms with E-state index in [0.29, 0.717) is 26.2 Å². The van der Waals surface area contributed by atoms with Gasteiger partial charge >= 0.3 is 5.69 Å². The molecule has 0 aliphatic carbocycles. The monoisotopic (exact) mass is 330 g/mol. The second-order valence-corrected chi connectivity index (χ2v) is 6.44. The average Bonchev–Trinajstić information content (AvgIpc) is 2.98. The molecule has 7 heteroatoms. The lowest BCUT2D eigenvalue weighted by Gasteiger charge is -2.35. The van der Waals surface area contributed by atoms with Crippen molar-refractivity contribution in [1.29, 1.82) is 0 Å². The molecule has 2 fully saturated rings. The molecule has 1 amide bonds. The van der Waals surface area contributed by atoms with Crippen molar-refractivity contribution in [2.45, 2.75) is 25.0 Å². The van der Waals surface area contributed by atoms with Crippen LogP contribution < -0.4 is 11.0 Å². The highest BCUT2D eigenvalue weighted by molar-refractivity contribution is 5.81. The molecule has 0 bridgehead atoms. The van der Waals surface area contributed by atoms with Crippen LogP contribution in [0.2, 0.25) is 0 Å². The number of H-pyrrole nitrogens is 1. The Kier molecular flexibility index (Phi) is 4.12. The number of hydrogen-bond donors (Lipinski definition) is 2. The topological polar surface area (TPSA) is 79.4 Å². The van der Waals surface area contributed by atoms with Crippen molar-refractivity contribution in [3.8, 4) is 0 Å². The number of carbonyl (C=O) groups is 1. The van der Waals surface area contributed by atoms with E-state index in [1.54, 1.807) is 0 Å². The lowest BCUT2D eigenvalue weighted by molar-refractivity contribution is -0.146. The van der Waals surface area contributed by atoms with Gasteiger partial charge in [-0.2, -0.15) is 0 Å². The first kappa shape index (κ1) is 15.4. The molecule has 4 rings (SSSR count). The first-order valence-corrected chi connectivity index (χ1v) is 8.54. The summed E-state index contributed by atoms with van der Waals surface area (Å²) in [6.45, 7) is 3.29. The lowest BCUT2D eigenvalue weighted by Crippen LogP contribution is -2.51. The van der Waals surface area contributed by atoms with Crippen molar-refractivity contribution in [1.82, 2.24) is 19.8 Å². The fourth-order valence-corrected chi connectivity index (χ4v) is 3.71. The Bertz CT molecular complexity index is 782. The van der Waals surface area contributed by atoms with E-state index in [-0.39, 0.29) is 23.7 Å². The number of amides is 1. The second-order valence-electron chi connectivity index (χ2n) is 6.44. The van der Waals surface area contributed by atoms with Gasteiger partial charge in [0.2, 0.25) is 0 Å². The number of hydrogen-bond acceptors (Lipinski definition) is 4. The van der Waals surface area contributed by atoms with Crippen molar-refractivity contribution in [2.75, 3.05) is 32.8 Å². The highest BCUT2D eigenvalue weighted by atomic mass is 16.5. The van der Waals surface area contributed by atoms with E-state index in [4.69, 9.17) is 4.74 Å². The number of morpholine rings is 1. The van der Waals surface area contributed by atoms with Crippen molar-refractivity contribution >= 4 is 16.9 Å². The Morgan fingerprint density at radius 1 is 1.21 bits per heavy atom. The van der Waals surface area contributed by atoms with Crippen molar-refractivity contribution in [2.24, 2.45) is 0 Å². The van der Waals surface area contributed by atoms with Crippen LogP contribution in [0.5, 0.6) is 0 Å². The zero-order chi connectivity index (χ0) is 16.5. The Morgan fingerprint density at radius 3 is 2.75 bits per heavy atom. The maximum atomic E-state index is 12.5. The summed E-state index contributed by atoms with van der Waals surface area (Å²) in [4.78, 5) is 29.6. The Labute approximate surface area is 139 Å². The Hall–Kier alpha value is -2.12. The number of benzene rings is 1. The number of aromatic amines is 1. The van der Waals surface area contributed by atoms with E-state index in [0.717, 1.165) is 30.4 Å². The molecule has 0 saturated carbocycles. The standard InChI is InChI=1S/C17H22N4O3/c22-16(15-11-18-7-10-24-15)20-8-5-12(6-9-20)21-14-4-2-1-3-13(14)19-17(21)23/h1-4,12,15,18H,5-11H2,(H,19,23). The van der Waals surface area contributed by atoms with Crippen LogP contribution in [-0.4, -0.2) is 59.2 Å².